The summed E-state index contributed by atoms with van der Waals surface area (Å²) in [6, 6.07) is 5.05. The molecular weight excluding hydrogens is 429 g/mol. The topological polar surface area (TPSA) is 86.5 Å². The number of thioether (sulfide) groups is 1. The van der Waals surface area contributed by atoms with Crippen molar-refractivity contribution < 1.29 is 26.3 Å². The minimum Gasteiger partial charge on any atom is -0.473 e. The Kier molecular flexibility index (Phi) is 4.93. The predicted octanol–water partition coefficient (Wildman–Crippen LogP) is 3.10. The molecule has 1 fully saturated rings. The summed E-state index contributed by atoms with van der Waals surface area (Å²) in [5.41, 5.74) is -1.01. The van der Waals surface area contributed by atoms with Crippen molar-refractivity contribution in [1.29, 1.82) is 0 Å². The van der Waals surface area contributed by atoms with Crippen LogP contribution in [0.25, 0.3) is 17.0 Å². The van der Waals surface area contributed by atoms with E-state index in [4.69, 9.17) is 4.74 Å². The van der Waals surface area contributed by atoms with Crippen molar-refractivity contribution in [3.63, 3.8) is 0 Å². The van der Waals surface area contributed by atoms with Crippen LogP contribution in [0.15, 0.2) is 35.4 Å². The quantitative estimate of drug-likeness (QED) is 0.598. The van der Waals surface area contributed by atoms with E-state index in [0.717, 1.165) is 22.1 Å². The first-order valence-corrected chi connectivity index (χ1v) is 11.4. The molecule has 0 unspecified atom stereocenters. The summed E-state index contributed by atoms with van der Waals surface area (Å²) in [5.74, 6) is 1.71. The number of fused-ring (bicyclic) bond motifs is 1. The standard InChI is InChI=1S/C17H15F3N4O3S2/c1-2-29(25,26)12-3-4-15(27-10-8-28-9-10)22-16(12)11-5-6-24-14(21-11)7-13(23-24)17(18,19)20/h3-7,10H,2,8-9H2,1H3. The van der Waals surface area contributed by atoms with E-state index in [9.17, 15) is 21.6 Å². The van der Waals surface area contributed by atoms with Gasteiger partial charge in [0.15, 0.2) is 21.2 Å². The SMILES string of the molecule is CCS(=O)(=O)c1ccc(OC2CSC2)nc1-c1ccn2nc(C(F)(F)F)cc2n1. The molecule has 0 amide bonds. The van der Waals surface area contributed by atoms with Crippen molar-refractivity contribution in [2.24, 2.45) is 0 Å². The van der Waals surface area contributed by atoms with Gasteiger partial charge in [-0.05, 0) is 12.1 Å². The first kappa shape index (κ1) is 20.0. The summed E-state index contributed by atoms with van der Waals surface area (Å²) in [4.78, 5) is 8.42. The maximum absolute atomic E-state index is 12.9. The summed E-state index contributed by atoms with van der Waals surface area (Å²) in [6.07, 6.45) is -3.33. The van der Waals surface area contributed by atoms with Gasteiger partial charge in [-0.25, -0.2) is 22.9 Å². The number of halogens is 3. The Labute approximate surface area is 168 Å². The second-order valence-corrected chi connectivity index (χ2v) is 9.64. The van der Waals surface area contributed by atoms with Crippen molar-refractivity contribution in [2.45, 2.75) is 24.1 Å². The molecule has 0 bridgehead atoms. The molecule has 0 aromatic carbocycles. The molecule has 3 aromatic heterocycles. The molecule has 154 valence electrons. The van der Waals surface area contributed by atoms with Crippen molar-refractivity contribution in [2.75, 3.05) is 17.3 Å². The third kappa shape index (κ3) is 3.90. The number of hydrogen-bond acceptors (Lipinski definition) is 7. The minimum absolute atomic E-state index is 0.00593. The van der Waals surface area contributed by atoms with Gasteiger partial charge >= 0.3 is 6.18 Å². The number of pyridine rings is 1. The number of aromatic nitrogens is 4. The van der Waals surface area contributed by atoms with E-state index in [1.54, 1.807) is 11.8 Å². The normalized spacial score (nSPS) is 15.4. The summed E-state index contributed by atoms with van der Waals surface area (Å²) < 4.78 is 70.5. The van der Waals surface area contributed by atoms with E-state index < -0.39 is 21.7 Å². The molecule has 0 radical (unpaired) electrons. The highest BCUT2D eigenvalue weighted by Crippen LogP contribution is 2.31. The molecule has 0 N–H and O–H groups in total. The van der Waals surface area contributed by atoms with Crippen LogP contribution in [-0.4, -0.2) is 51.4 Å². The van der Waals surface area contributed by atoms with Gasteiger partial charge in [-0.1, -0.05) is 6.92 Å². The molecule has 1 saturated heterocycles. The number of alkyl halides is 3. The van der Waals surface area contributed by atoms with Crippen molar-refractivity contribution in [3.8, 4) is 17.3 Å². The summed E-state index contributed by atoms with van der Waals surface area (Å²) >= 11 is 1.72. The Morgan fingerprint density at radius 3 is 2.62 bits per heavy atom. The maximum Gasteiger partial charge on any atom is 0.435 e. The molecule has 3 aromatic rings. The molecule has 7 nitrogen and oxygen atoms in total. The lowest BCUT2D eigenvalue weighted by molar-refractivity contribution is -0.141. The molecular formula is C17H15F3N4O3S2. The van der Waals surface area contributed by atoms with Gasteiger partial charge in [-0.3, -0.25) is 0 Å². The average Bonchev–Trinajstić information content (AvgIpc) is 3.08. The van der Waals surface area contributed by atoms with Gasteiger partial charge < -0.3 is 4.74 Å². The number of rotatable bonds is 5. The number of sulfone groups is 1. The summed E-state index contributed by atoms with van der Waals surface area (Å²) in [7, 11) is -3.65. The van der Waals surface area contributed by atoms with Gasteiger partial charge in [0.05, 0.1) is 16.3 Å². The first-order valence-electron chi connectivity index (χ1n) is 8.59. The maximum atomic E-state index is 12.9. The first-order chi connectivity index (χ1) is 13.7. The van der Waals surface area contributed by atoms with E-state index in [0.29, 0.717) is 0 Å². The highest BCUT2D eigenvalue weighted by atomic mass is 32.2. The van der Waals surface area contributed by atoms with Crippen LogP contribution in [-0.2, 0) is 16.0 Å². The zero-order valence-corrected chi connectivity index (χ0v) is 16.7. The van der Waals surface area contributed by atoms with E-state index in [1.807, 2.05) is 0 Å². The molecule has 1 aliphatic rings. The van der Waals surface area contributed by atoms with Gasteiger partial charge in [0.1, 0.15) is 11.8 Å². The largest absolute Gasteiger partial charge is 0.473 e. The summed E-state index contributed by atoms with van der Waals surface area (Å²) in [5, 5.41) is 3.45. The van der Waals surface area contributed by atoms with Gasteiger partial charge in [0.25, 0.3) is 0 Å². The van der Waals surface area contributed by atoms with Gasteiger partial charge in [0, 0.05) is 29.8 Å². The smallest absolute Gasteiger partial charge is 0.435 e. The van der Waals surface area contributed by atoms with Gasteiger partial charge in [0.2, 0.25) is 5.88 Å². The Morgan fingerprint density at radius 1 is 1.24 bits per heavy atom. The van der Waals surface area contributed by atoms with E-state index >= 15 is 0 Å². The molecule has 29 heavy (non-hydrogen) atoms. The zero-order chi connectivity index (χ0) is 20.8. The fraction of sp³-hybridized carbons (Fsp3) is 0.353. The second kappa shape index (κ2) is 7.17. The number of nitrogens with zero attached hydrogens (tertiary/aromatic N) is 4. The van der Waals surface area contributed by atoms with Crippen LogP contribution in [0.5, 0.6) is 5.88 Å². The third-order valence-corrected chi connectivity index (χ3v) is 7.27. The van der Waals surface area contributed by atoms with Crippen molar-refractivity contribution in [1.82, 2.24) is 19.6 Å². The molecule has 4 heterocycles. The average molecular weight is 444 g/mol. The number of ether oxygens (including phenoxy) is 1. The van der Waals surface area contributed by atoms with Crippen molar-refractivity contribution >= 4 is 27.2 Å². The fourth-order valence-corrected chi connectivity index (χ4v) is 4.28. The van der Waals surface area contributed by atoms with Crippen LogP contribution in [0, 0.1) is 0 Å². The molecule has 4 rings (SSSR count). The number of hydrogen-bond donors (Lipinski definition) is 0. The minimum atomic E-state index is -4.61. The van der Waals surface area contributed by atoms with Crippen LogP contribution >= 0.6 is 11.8 Å². The molecule has 0 saturated carbocycles. The van der Waals surface area contributed by atoms with Crippen LogP contribution < -0.4 is 4.74 Å². The molecule has 1 aliphatic heterocycles. The molecule has 12 heteroatoms. The lowest BCUT2D eigenvalue weighted by Crippen LogP contribution is -2.31. The van der Waals surface area contributed by atoms with E-state index in [2.05, 4.69) is 15.1 Å². The van der Waals surface area contributed by atoms with Crippen LogP contribution in [0.4, 0.5) is 13.2 Å². The van der Waals surface area contributed by atoms with Gasteiger partial charge in [-0.15, -0.1) is 0 Å². The lowest BCUT2D eigenvalue weighted by atomic mass is 10.2. The van der Waals surface area contributed by atoms with Crippen LogP contribution in [0.1, 0.15) is 12.6 Å². The Balaban J connectivity index is 1.83. The van der Waals surface area contributed by atoms with Gasteiger partial charge in [-0.2, -0.15) is 30.0 Å². The monoisotopic (exact) mass is 444 g/mol. The molecule has 0 aliphatic carbocycles. The van der Waals surface area contributed by atoms with E-state index in [1.165, 1.54) is 31.3 Å². The highest BCUT2D eigenvalue weighted by Gasteiger charge is 2.34. The molecule has 0 atom stereocenters. The summed E-state index contributed by atoms with van der Waals surface area (Å²) in [6.45, 7) is 1.50. The highest BCUT2D eigenvalue weighted by molar-refractivity contribution is 8.00. The third-order valence-electron chi connectivity index (χ3n) is 4.30. The molecule has 0 spiro atoms. The zero-order valence-electron chi connectivity index (χ0n) is 15.0. The predicted molar refractivity (Wildman–Crippen MR) is 101 cm³/mol. The Hall–Kier alpha value is -2.34. The lowest BCUT2D eigenvalue weighted by Gasteiger charge is -2.25. The Bertz CT molecular complexity index is 1170. The van der Waals surface area contributed by atoms with Crippen LogP contribution in [0.2, 0.25) is 0 Å². The van der Waals surface area contributed by atoms with E-state index in [-0.39, 0.29) is 39.7 Å². The Morgan fingerprint density at radius 2 is 2.00 bits per heavy atom. The fourth-order valence-electron chi connectivity index (χ4n) is 2.69. The van der Waals surface area contributed by atoms with Crippen LogP contribution in [0.3, 0.4) is 0 Å². The second-order valence-electron chi connectivity index (χ2n) is 6.32. The van der Waals surface area contributed by atoms with Crippen molar-refractivity contribution in [3.05, 3.63) is 36.2 Å².